The Morgan fingerprint density at radius 3 is 2.90 bits per heavy atom. The molecule has 2 heterocycles. The van der Waals surface area contributed by atoms with Crippen LogP contribution in [0.25, 0.3) is 0 Å². The van der Waals surface area contributed by atoms with Crippen molar-refractivity contribution in [1.29, 1.82) is 0 Å². The lowest BCUT2D eigenvalue weighted by atomic mass is 10.0. The molecule has 5 heteroatoms. The molecule has 110 valence electrons. The van der Waals surface area contributed by atoms with Crippen molar-refractivity contribution in [2.45, 2.75) is 51.5 Å². The van der Waals surface area contributed by atoms with Crippen LogP contribution in [0.1, 0.15) is 36.1 Å². The van der Waals surface area contributed by atoms with Gasteiger partial charge in [-0.3, -0.25) is 4.98 Å². The zero-order chi connectivity index (χ0) is 14.1. The van der Waals surface area contributed by atoms with E-state index >= 15 is 0 Å². The third-order valence-electron chi connectivity index (χ3n) is 4.36. The summed E-state index contributed by atoms with van der Waals surface area (Å²) in [6.45, 7) is 3.02. The predicted octanol–water partition coefficient (Wildman–Crippen LogP) is 1.25. The smallest absolute Gasteiger partial charge is 0.141 e. The van der Waals surface area contributed by atoms with Gasteiger partial charge in [0.25, 0.3) is 0 Å². The summed E-state index contributed by atoms with van der Waals surface area (Å²) in [4.78, 5) is 4.08. The van der Waals surface area contributed by atoms with Crippen LogP contribution >= 0.6 is 0 Å². The molecule has 1 aliphatic carbocycles. The van der Waals surface area contributed by atoms with Gasteiger partial charge in [0.2, 0.25) is 0 Å². The van der Waals surface area contributed by atoms with Crippen LogP contribution in [-0.2, 0) is 17.9 Å². The van der Waals surface area contributed by atoms with Gasteiger partial charge in [0.15, 0.2) is 0 Å². The number of aliphatic hydroxyl groups is 1. The fraction of sp³-hybridized carbons (Fsp3) is 0.667. The van der Waals surface area contributed by atoms with Crippen LogP contribution < -0.4 is 5.32 Å². The predicted molar refractivity (Wildman–Crippen MR) is 74.3 cm³/mol. The Kier molecular flexibility index (Phi) is 3.92. The van der Waals surface area contributed by atoms with Gasteiger partial charge in [-0.1, -0.05) is 0 Å². The van der Waals surface area contributed by atoms with Crippen molar-refractivity contribution in [3.05, 3.63) is 23.0 Å². The quantitative estimate of drug-likeness (QED) is 0.756. The first-order valence-corrected chi connectivity index (χ1v) is 7.33. The van der Waals surface area contributed by atoms with Gasteiger partial charge in [0.1, 0.15) is 5.75 Å². The SMILES string of the molecule is Cc1ncc(CO)c(CNC2CCOC2C2CC2)c1O. The van der Waals surface area contributed by atoms with Crippen molar-refractivity contribution in [1.82, 2.24) is 10.3 Å². The van der Waals surface area contributed by atoms with Crippen molar-refractivity contribution in [3.8, 4) is 5.75 Å². The van der Waals surface area contributed by atoms with E-state index < -0.39 is 0 Å². The highest BCUT2D eigenvalue weighted by atomic mass is 16.5. The Morgan fingerprint density at radius 1 is 1.40 bits per heavy atom. The molecule has 0 bridgehead atoms. The molecule has 0 aromatic carbocycles. The van der Waals surface area contributed by atoms with E-state index in [1.165, 1.54) is 12.8 Å². The highest BCUT2D eigenvalue weighted by molar-refractivity contribution is 5.40. The van der Waals surface area contributed by atoms with Crippen LogP contribution in [0.5, 0.6) is 5.75 Å². The normalized spacial score (nSPS) is 26.1. The van der Waals surface area contributed by atoms with Gasteiger partial charge in [0, 0.05) is 36.5 Å². The Morgan fingerprint density at radius 2 is 2.20 bits per heavy atom. The molecule has 1 aliphatic heterocycles. The molecule has 2 fully saturated rings. The van der Waals surface area contributed by atoms with E-state index in [0.29, 0.717) is 35.9 Å². The first kappa shape index (κ1) is 13.8. The highest BCUT2D eigenvalue weighted by Gasteiger charge is 2.40. The summed E-state index contributed by atoms with van der Waals surface area (Å²) in [5.41, 5.74) is 2.03. The summed E-state index contributed by atoms with van der Waals surface area (Å²) in [6, 6.07) is 0.349. The molecule has 1 saturated carbocycles. The second-order valence-electron chi connectivity index (χ2n) is 5.80. The van der Waals surface area contributed by atoms with Gasteiger partial charge in [-0.15, -0.1) is 0 Å². The summed E-state index contributed by atoms with van der Waals surface area (Å²) < 4.78 is 5.80. The summed E-state index contributed by atoms with van der Waals surface area (Å²) in [5.74, 6) is 0.894. The first-order chi connectivity index (χ1) is 9.70. The minimum absolute atomic E-state index is 0.106. The minimum Gasteiger partial charge on any atom is -0.506 e. The molecule has 5 nitrogen and oxygen atoms in total. The number of aromatic nitrogens is 1. The lowest BCUT2D eigenvalue weighted by molar-refractivity contribution is 0.0808. The summed E-state index contributed by atoms with van der Waals surface area (Å²) in [7, 11) is 0. The highest BCUT2D eigenvalue weighted by Crippen LogP contribution is 2.39. The largest absolute Gasteiger partial charge is 0.506 e. The van der Waals surface area contributed by atoms with Crippen molar-refractivity contribution < 1.29 is 14.9 Å². The van der Waals surface area contributed by atoms with Crippen LogP contribution in [-0.4, -0.2) is 33.9 Å². The fourth-order valence-electron chi connectivity index (χ4n) is 2.97. The van der Waals surface area contributed by atoms with E-state index in [-0.39, 0.29) is 12.4 Å². The molecule has 3 N–H and O–H groups in total. The minimum atomic E-state index is -0.106. The summed E-state index contributed by atoms with van der Waals surface area (Å²) >= 11 is 0. The van der Waals surface area contributed by atoms with Gasteiger partial charge < -0.3 is 20.3 Å². The molecule has 20 heavy (non-hydrogen) atoms. The number of pyridine rings is 1. The number of aliphatic hydroxyl groups excluding tert-OH is 1. The summed E-state index contributed by atoms with van der Waals surface area (Å²) in [6.07, 6.45) is 5.50. The van der Waals surface area contributed by atoms with Crippen molar-refractivity contribution in [3.63, 3.8) is 0 Å². The van der Waals surface area contributed by atoms with Crippen molar-refractivity contribution in [2.75, 3.05) is 6.61 Å². The molecular weight excluding hydrogens is 256 g/mol. The number of ether oxygens (including phenoxy) is 1. The van der Waals surface area contributed by atoms with E-state index in [0.717, 1.165) is 18.6 Å². The van der Waals surface area contributed by atoms with Crippen LogP contribution in [0.4, 0.5) is 0 Å². The number of rotatable bonds is 5. The Balaban J connectivity index is 1.70. The average molecular weight is 278 g/mol. The van der Waals surface area contributed by atoms with Crippen LogP contribution in [0, 0.1) is 12.8 Å². The molecule has 0 radical (unpaired) electrons. The van der Waals surface area contributed by atoms with E-state index in [4.69, 9.17) is 4.74 Å². The maximum Gasteiger partial charge on any atom is 0.141 e. The van der Waals surface area contributed by atoms with E-state index in [2.05, 4.69) is 10.3 Å². The second-order valence-corrected chi connectivity index (χ2v) is 5.80. The Hall–Kier alpha value is -1.17. The monoisotopic (exact) mass is 278 g/mol. The number of aromatic hydroxyl groups is 1. The van der Waals surface area contributed by atoms with Gasteiger partial charge in [-0.2, -0.15) is 0 Å². The molecule has 2 atom stereocenters. The molecule has 1 saturated heterocycles. The molecule has 2 unspecified atom stereocenters. The zero-order valence-corrected chi connectivity index (χ0v) is 11.8. The molecule has 2 aliphatic rings. The van der Waals surface area contributed by atoms with Crippen LogP contribution in [0.15, 0.2) is 6.20 Å². The van der Waals surface area contributed by atoms with Gasteiger partial charge >= 0.3 is 0 Å². The van der Waals surface area contributed by atoms with Crippen LogP contribution in [0.3, 0.4) is 0 Å². The molecule has 0 amide bonds. The third-order valence-corrected chi connectivity index (χ3v) is 4.36. The van der Waals surface area contributed by atoms with Gasteiger partial charge in [-0.25, -0.2) is 0 Å². The molecule has 1 aromatic heterocycles. The first-order valence-electron chi connectivity index (χ1n) is 7.33. The van der Waals surface area contributed by atoms with E-state index in [9.17, 15) is 10.2 Å². The summed E-state index contributed by atoms with van der Waals surface area (Å²) in [5, 5.41) is 23.0. The number of nitrogens with zero attached hydrogens (tertiary/aromatic N) is 1. The van der Waals surface area contributed by atoms with E-state index in [1.807, 2.05) is 0 Å². The van der Waals surface area contributed by atoms with Crippen molar-refractivity contribution in [2.24, 2.45) is 5.92 Å². The van der Waals surface area contributed by atoms with Gasteiger partial charge in [-0.05, 0) is 32.1 Å². The second kappa shape index (κ2) is 5.68. The van der Waals surface area contributed by atoms with E-state index in [1.54, 1.807) is 13.1 Å². The fourth-order valence-corrected chi connectivity index (χ4v) is 2.97. The topological polar surface area (TPSA) is 74.6 Å². The Bertz CT molecular complexity index is 488. The molecular formula is C15H22N2O3. The van der Waals surface area contributed by atoms with Crippen LogP contribution in [0.2, 0.25) is 0 Å². The number of aryl methyl sites for hydroxylation is 1. The van der Waals surface area contributed by atoms with Crippen molar-refractivity contribution >= 4 is 0 Å². The number of nitrogens with one attached hydrogen (secondary N) is 1. The number of hydrogen-bond acceptors (Lipinski definition) is 5. The molecule has 1 aromatic rings. The maximum absolute atomic E-state index is 10.1. The molecule has 0 spiro atoms. The number of hydrogen-bond donors (Lipinski definition) is 3. The molecule has 3 rings (SSSR count). The zero-order valence-electron chi connectivity index (χ0n) is 11.8. The van der Waals surface area contributed by atoms with Gasteiger partial charge in [0.05, 0.1) is 18.4 Å². The average Bonchev–Trinajstić information content (AvgIpc) is 3.19. The maximum atomic E-state index is 10.1. The lowest BCUT2D eigenvalue weighted by Gasteiger charge is -2.21. The Labute approximate surface area is 119 Å². The lowest BCUT2D eigenvalue weighted by Crippen LogP contribution is -2.37. The standard InChI is InChI=1S/C15H22N2O3/c1-9-14(19)12(11(8-18)6-16-9)7-17-13-4-5-20-15(13)10-2-3-10/h6,10,13,15,17-19H,2-5,7-8H2,1H3. The third kappa shape index (κ3) is 2.66.